The van der Waals surface area contributed by atoms with E-state index in [2.05, 4.69) is 0 Å². The summed E-state index contributed by atoms with van der Waals surface area (Å²) in [5.74, 6) is 0.638. The number of carboxylic acids is 1. The number of methoxy groups -OCH3 is 1. The van der Waals surface area contributed by atoms with E-state index in [-0.39, 0.29) is 6.42 Å². The Kier molecular flexibility index (Phi) is 6.74. The molecule has 0 bridgehead atoms. The molecule has 0 atom stereocenters. The van der Waals surface area contributed by atoms with Crippen LogP contribution in [0.2, 0.25) is 0 Å². The zero-order chi connectivity index (χ0) is 14.1. The molecule has 0 fully saturated rings. The first-order valence-electron chi connectivity index (χ1n) is 6.37. The van der Waals surface area contributed by atoms with E-state index in [0.29, 0.717) is 31.2 Å². The molecule has 1 rings (SSSR count). The van der Waals surface area contributed by atoms with Crippen molar-refractivity contribution in [3.05, 3.63) is 24.3 Å². The van der Waals surface area contributed by atoms with Gasteiger partial charge in [0.1, 0.15) is 6.61 Å². The number of hydrogen-bond acceptors (Lipinski definition) is 4. The smallest absolute Gasteiger partial charge is 0.304 e. The van der Waals surface area contributed by atoms with Gasteiger partial charge in [0, 0.05) is 13.1 Å². The van der Waals surface area contributed by atoms with Crippen LogP contribution < -0.4 is 9.47 Å². The molecule has 0 heterocycles. The quantitative estimate of drug-likeness (QED) is 0.740. The largest absolute Gasteiger partial charge is 0.493 e. The fourth-order valence-corrected chi connectivity index (χ4v) is 1.70. The maximum absolute atomic E-state index is 10.5. The lowest BCUT2D eigenvalue weighted by Crippen LogP contribution is -2.30. The van der Waals surface area contributed by atoms with Crippen molar-refractivity contribution in [3.8, 4) is 11.5 Å². The maximum Gasteiger partial charge on any atom is 0.304 e. The highest BCUT2D eigenvalue weighted by molar-refractivity contribution is 5.66. The van der Waals surface area contributed by atoms with Crippen LogP contribution in [0.1, 0.15) is 13.3 Å². The van der Waals surface area contributed by atoms with Gasteiger partial charge in [-0.15, -0.1) is 0 Å². The molecule has 0 aromatic heterocycles. The van der Waals surface area contributed by atoms with Crippen molar-refractivity contribution >= 4 is 5.97 Å². The summed E-state index contributed by atoms with van der Waals surface area (Å²) in [6.07, 6.45) is 0.155. The van der Waals surface area contributed by atoms with Crippen molar-refractivity contribution in [2.24, 2.45) is 0 Å². The van der Waals surface area contributed by atoms with Crippen LogP contribution in [-0.2, 0) is 4.79 Å². The number of hydrogen-bond donors (Lipinski definition) is 1. The van der Waals surface area contributed by atoms with E-state index in [1.54, 1.807) is 7.11 Å². The molecule has 0 radical (unpaired) electrons. The van der Waals surface area contributed by atoms with Gasteiger partial charge in [0.05, 0.1) is 13.5 Å². The van der Waals surface area contributed by atoms with Crippen molar-refractivity contribution in [3.63, 3.8) is 0 Å². The highest BCUT2D eigenvalue weighted by Gasteiger charge is 2.07. The molecule has 0 saturated carbocycles. The molecule has 5 nitrogen and oxygen atoms in total. The molecular formula is C14H21NO4. The standard InChI is InChI=1S/C14H21NO4/c1-3-15(9-8-14(16)17)10-11-19-13-7-5-4-6-12(13)18-2/h4-7H,3,8-11H2,1-2H3,(H,16,17). The highest BCUT2D eigenvalue weighted by Crippen LogP contribution is 2.25. The fourth-order valence-electron chi connectivity index (χ4n) is 1.70. The van der Waals surface area contributed by atoms with Crippen molar-refractivity contribution < 1.29 is 19.4 Å². The summed E-state index contributed by atoms with van der Waals surface area (Å²) < 4.78 is 10.8. The lowest BCUT2D eigenvalue weighted by molar-refractivity contribution is -0.137. The number of carboxylic acid groups (broad SMARTS) is 1. The number of nitrogens with zero attached hydrogens (tertiary/aromatic N) is 1. The Morgan fingerprint density at radius 2 is 1.95 bits per heavy atom. The molecule has 0 aliphatic heterocycles. The van der Waals surface area contributed by atoms with Crippen LogP contribution in [0.3, 0.4) is 0 Å². The van der Waals surface area contributed by atoms with Crippen LogP contribution in [0, 0.1) is 0 Å². The molecule has 0 aliphatic rings. The summed E-state index contributed by atoms with van der Waals surface area (Å²) >= 11 is 0. The molecule has 0 amide bonds. The number of aliphatic carboxylic acids is 1. The van der Waals surface area contributed by atoms with E-state index in [0.717, 1.165) is 6.54 Å². The molecule has 0 saturated heterocycles. The monoisotopic (exact) mass is 267 g/mol. The number of para-hydroxylation sites is 2. The van der Waals surface area contributed by atoms with Gasteiger partial charge in [-0.3, -0.25) is 9.69 Å². The molecule has 1 aromatic rings. The summed E-state index contributed by atoms with van der Waals surface area (Å²) in [6.45, 7) is 4.56. The summed E-state index contributed by atoms with van der Waals surface area (Å²) in [7, 11) is 1.60. The van der Waals surface area contributed by atoms with Gasteiger partial charge in [-0.1, -0.05) is 19.1 Å². The zero-order valence-electron chi connectivity index (χ0n) is 11.5. The van der Waals surface area contributed by atoms with E-state index in [4.69, 9.17) is 14.6 Å². The van der Waals surface area contributed by atoms with Crippen LogP contribution in [0.15, 0.2) is 24.3 Å². The minimum Gasteiger partial charge on any atom is -0.493 e. The molecule has 1 aromatic carbocycles. The van der Waals surface area contributed by atoms with Crippen LogP contribution in [-0.4, -0.2) is 49.3 Å². The Morgan fingerprint density at radius 3 is 2.53 bits per heavy atom. The van der Waals surface area contributed by atoms with Crippen LogP contribution >= 0.6 is 0 Å². The molecule has 1 N–H and O–H groups in total. The van der Waals surface area contributed by atoms with Gasteiger partial charge in [-0.25, -0.2) is 0 Å². The normalized spacial score (nSPS) is 10.5. The van der Waals surface area contributed by atoms with Crippen molar-refractivity contribution in [2.45, 2.75) is 13.3 Å². The number of rotatable bonds is 9. The Morgan fingerprint density at radius 1 is 1.26 bits per heavy atom. The molecule has 0 unspecified atom stereocenters. The second kappa shape index (κ2) is 8.37. The van der Waals surface area contributed by atoms with Crippen molar-refractivity contribution in [2.75, 3.05) is 33.4 Å². The highest BCUT2D eigenvalue weighted by atomic mass is 16.5. The minimum absolute atomic E-state index is 0.155. The average Bonchev–Trinajstić information content (AvgIpc) is 2.42. The zero-order valence-corrected chi connectivity index (χ0v) is 11.5. The van der Waals surface area contributed by atoms with Crippen molar-refractivity contribution in [1.29, 1.82) is 0 Å². The number of carbonyl (C=O) groups is 1. The fraction of sp³-hybridized carbons (Fsp3) is 0.500. The first-order valence-corrected chi connectivity index (χ1v) is 6.37. The second-order valence-corrected chi connectivity index (χ2v) is 4.08. The summed E-state index contributed by atoms with van der Waals surface area (Å²) in [4.78, 5) is 12.6. The molecule has 106 valence electrons. The molecule has 19 heavy (non-hydrogen) atoms. The van der Waals surface area contributed by atoms with Gasteiger partial charge in [-0.05, 0) is 18.7 Å². The predicted molar refractivity (Wildman–Crippen MR) is 72.9 cm³/mol. The summed E-state index contributed by atoms with van der Waals surface area (Å²) in [6, 6.07) is 7.47. The molecular weight excluding hydrogens is 246 g/mol. The van der Waals surface area contributed by atoms with Crippen LogP contribution in [0.5, 0.6) is 11.5 Å². The van der Waals surface area contributed by atoms with Crippen LogP contribution in [0.25, 0.3) is 0 Å². The number of ether oxygens (including phenoxy) is 2. The Labute approximate surface area is 113 Å². The van der Waals surface area contributed by atoms with E-state index in [1.807, 2.05) is 36.1 Å². The van der Waals surface area contributed by atoms with Crippen molar-refractivity contribution in [1.82, 2.24) is 4.90 Å². The van der Waals surface area contributed by atoms with Gasteiger partial charge in [0.15, 0.2) is 11.5 Å². The van der Waals surface area contributed by atoms with E-state index in [9.17, 15) is 4.79 Å². The summed E-state index contributed by atoms with van der Waals surface area (Å²) in [5.41, 5.74) is 0. The van der Waals surface area contributed by atoms with Gasteiger partial charge in [0.25, 0.3) is 0 Å². The van der Waals surface area contributed by atoms with Gasteiger partial charge >= 0.3 is 5.97 Å². The Bertz CT molecular complexity index is 395. The minimum atomic E-state index is -0.774. The third kappa shape index (κ3) is 5.61. The van der Waals surface area contributed by atoms with Crippen LogP contribution in [0.4, 0.5) is 0 Å². The van der Waals surface area contributed by atoms with Gasteiger partial charge in [0.2, 0.25) is 0 Å². The lowest BCUT2D eigenvalue weighted by atomic mass is 10.3. The van der Waals surface area contributed by atoms with E-state index >= 15 is 0 Å². The third-order valence-electron chi connectivity index (χ3n) is 2.82. The molecule has 0 aliphatic carbocycles. The maximum atomic E-state index is 10.5. The topological polar surface area (TPSA) is 59.0 Å². The van der Waals surface area contributed by atoms with Gasteiger partial charge < -0.3 is 14.6 Å². The van der Waals surface area contributed by atoms with E-state index in [1.165, 1.54) is 0 Å². The van der Waals surface area contributed by atoms with Gasteiger partial charge in [-0.2, -0.15) is 0 Å². The molecule has 0 spiro atoms. The summed E-state index contributed by atoms with van der Waals surface area (Å²) in [5, 5.41) is 8.66. The SMILES string of the molecule is CCN(CCOc1ccccc1OC)CCC(=O)O. The predicted octanol–water partition coefficient (Wildman–Crippen LogP) is 1.87. The first-order chi connectivity index (χ1) is 9.17. The Hall–Kier alpha value is -1.75. The lowest BCUT2D eigenvalue weighted by Gasteiger charge is -2.19. The second-order valence-electron chi connectivity index (χ2n) is 4.08. The number of likely N-dealkylation sites (N-methyl/N-ethyl adjacent to an activating group) is 1. The van der Waals surface area contributed by atoms with E-state index < -0.39 is 5.97 Å². The average molecular weight is 267 g/mol. The molecule has 5 heteroatoms. The first kappa shape index (κ1) is 15.3. The number of benzene rings is 1. The Balaban J connectivity index is 2.37. The third-order valence-corrected chi connectivity index (χ3v) is 2.82.